The molecule has 4 rings (SSSR count). The second-order valence-corrected chi connectivity index (χ2v) is 6.67. The van der Waals surface area contributed by atoms with Gasteiger partial charge in [-0.3, -0.25) is 4.79 Å². The summed E-state index contributed by atoms with van der Waals surface area (Å²) < 4.78 is 12.2. The third-order valence-corrected chi connectivity index (χ3v) is 4.93. The number of anilines is 2. The Balaban J connectivity index is 1.49. The number of aromatic nitrogens is 4. The van der Waals surface area contributed by atoms with Gasteiger partial charge in [0.05, 0.1) is 25.8 Å². The minimum atomic E-state index is -0.150. The predicted molar refractivity (Wildman–Crippen MR) is 104 cm³/mol. The number of hydrogen-bond donors (Lipinski definition) is 1. The number of nitrogens with one attached hydrogen (secondary N) is 1. The first-order valence-corrected chi connectivity index (χ1v) is 9.13. The van der Waals surface area contributed by atoms with E-state index >= 15 is 0 Å². The Labute approximate surface area is 162 Å². The van der Waals surface area contributed by atoms with Crippen molar-refractivity contribution in [2.75, 3.05) is 37.5 Å². The third kappa shape index (κ3) is 3.55. The molecule has 1 amide bonds. The second kappa shape index (κ2) is 7.71. The molecule has 3 heterocycles. The average Bonchev–Trinajstić information content (AvgIpc) is 3.21. The van der Waals surface area contributed by atoms with Crippen molar-refractivity contribution in [1.29, 1.82) is 0 Å². The predicted octanol–water partition coefficient (Wildman–Crippen LogP) is 2.00. The molecule has 146 valence electrons. The van der Waals surface area contributed by atoms with Gasteiger partial charge in [0, 0.05) is 19.2 Å². The van der Waals surface area contributed by atoms with Gasteiger partial charge in [0.15, 0.2) is 5.65 Å². The maximum Gasteiger partial charge on any atom is 0.229 e. The van der Waals surface area contributed by atoms with Crippen LogP contribution in [0.5, 0.6) is 11.5 Å². The molecule has 0 saturated carbocycles. The molecule has 9 heteroatoms. The molecule has 0 radical (unpaired) electrons. The number of rotatable bonds is 5. The first kappa shape index (κ1) is 18.0. The average molecular weight is 382 g/mol. The quantitative estimate of drug-likeness (QED) is 0.721. The van der Waals surface area contributed by atoms with Crippen molar-refractivity contribution in [2.45, 2.75) is 12.8 Å². The summed E-state index contributed by atoms with van der Waals surface area (Å²) in [5.74, 6) is 1.88. The number of piperidine rings is 1. The number of carbonyl (C=O) groups excluding carboxylic acids is 1. The molecule has 1 fully saturated rings. The molecule has 9 nitrogen and oxygen atoms in total. The Hall–Kier alpha value is -3.36. The maximum atomic E-state index is 12.9. The van der Waals surface area contributed by atoms with Gasteiger partial charge in [0.25, 0.3) is 0 Å². The minimum Gasteiger partial charge on any atom is -0.497 e. The fourth-order valence-corrected chi connectivity index (χ4v) is 3.43. The lowest BCUT2D eigenvalue weighted by Gasteiger charge is -2.32. The van der Waals surface area contributed by atoms with Gasteiger partial charge >= 0.3 is 0 Å². The van der Waals surface area contributed by atoms with Crippen LogP contribution >= 0.6 is 0 Å². The van der Waals surface area contributed by atoms with E-state index in [1.54, 1.807) is 43.3 Å². The van der Waals surface area contributed by atoms with Crippen molar-refractivity contribution in [2.24, 2.45) is 5.92 Å². The van der Waals surface area contributed by atoms with Crippen molar-refractivity contribution >= 4 is 23.1 Å². The Kier molecular flexibility index (Phi) is 4.96. The zero-order chi connectivity index (χ0) is 19.5. The first-order valence-electron chi connectivity index (χ1n) is 9.13. The maximum absolute atomic E-state index is 12.9. The molecule has 1 saturated heterocycles. The molecular weight excluding hydrogens is 360 g/mol. The van der Waals surface area contributed by atoms with Crippen molar-refractivity contribution < 1.29 is 14.3 Å². The van der Waals surface area contributed by atoms with Gasteiger partial charge in [-0.1, -0.05) is 0 Å². The van der Waals surface area contributed by atoms with E-state index in [0.717, 1.165) is 25.2 Å². The zero-order valence-corrected chi connectivity index (χ0v) is 15.8. The number of nitrogens with zero attached hydrogens (tertiary/aromatic N) is 5. The minimum absolute atomic E-state index is 0.0402. The van der Waals surface area contributed by atoms with Crippen LogP contribution in [0.15, 0.2) is 36.7 Å². The monoisotopic (exact) mass is 382 g/mol. The summed E-state index contributed by atoms with van der Waals surface area (Å²) in [6.07, 6.45) is 3.31. The number of amides is 1. The van der Waals surface area contributed by atoms with E-state index in [4.69, 9.17) is 9.47 Å². The standard InChI is InChI=1S/C19H22N6O3/c1-27-14-5-6-16(28-2)15(10-14)21-19(26)13-4-3-9-24(11-13)18-8-7-17-22-20-12-25(17)23-18/h5-8,10,12-13H,3-4,9,11H2,1-2H3,(H,21,26). The van der Waals surface area contributed by atoms with Crippen molar-refractivity contribution in [3.05, 3.63) is 36.7 Å². The molecule has 28 heavy (non-hydrogen) atoms. The van der Waals surface area contributed by atoms with Crippen LogP contribution < -0.4 is 19.7 Å². The number of hydrogen-bond acceptors (Lipinski definition) is 7. The van der Waals surface area contributed by atoms with Gasteiger partial charge in [-0.05, 0) is 37.1 Å². The lowest BCUT2D eigenvalue weighted by Crippen LogP contribution is -2.41. The van der Waals surface area contributed by atoms with Crippen LogP contribution in [0.4, 0.5) is 11.5 Å². The normalized spacial score (nSPS) is 16.8. The molecule has 3 aromatic rings. The number of carbonyl (C=O) groups is 1. The summed E-state index contributed by atoms with van der Waals surface area (Å²) in [7, 11) is 3.17. The third-order valence-electron chi connectivity index (χ3n) is 4.93. The summed E-state index contributed by atoms with van der Waals surface area (Å²) in [5.41, 5.74) is 1.30. The molecule has 1 aliphatic rings. The van der Waals surface area contributed by atoms with E-state index in [9.17, 15) is 4.79 Å². The van der Waals surface area contributed by atoms with E-state index in [2.05, 4.69) is 25.5 Å². The summed E-state index contributed by atoms with van der Waals surface area (Å²) in [6.45, 7) is 1.45. The van der Waals surface area contributed by atoms with Gasteiger partial charge in [0.2, 0.25) is 5.91 Å². The van der Waals surface area contributed by atoms with Crippen molar-refractivity contribution in [3.63, 3.8) is 0 Å². The highest BCUT2D eigenvalue weighted by Gasteiger charge is 2.27. The molecule has 1 N–H and O–H groups in total. The smallest absolute Gasteiger partial charge is 0.229 e. The Morgan fingerprint density at radius 2 is 2.11 bits per heavy atom. The van der Waals surface area contributed by atoms with E-state index in [1.807, 2.05) is 12.1 Å². The lowest BCUT2D eigenvalue weighted by atomic mass is 9.97. The molecule has 0 bridgehead atoms. The van der Waals surface area contributed by atoms with E-state index in [0.29, 0.717) is 29.4 Å². The summed E-state index contributed by atoms with van der Waals surface area (Å²) in [5, 5.41) is 15.3. The van der Waals surface area contributed by atoms with E-state index in [-0.39, 0.29) is 11.8 Å². The molecular formula is C19H22N6O3. The Bertz CT molecular complexity index is 989. The SMILES string of the molecule is COc1ccc(OC)c(NC(=O)C2CCCN(c3ccc4nncn4n3)C2)c1. The molecule has 1 aromatic carbocycles. The largest absolute Gasteiger partial charge is 0.497 e. The Morgan fingerprint density at radius 3 is 2.93 bits per heavy atom. The van der Waals surface area contributed by atoms with Crippen LogP contribution in [-0.2, 0) is 4.79 Å². The van der Waals surface area contributed by atoms with Crippen LogP contribution in [0, 0.1) is 5.92 Å². The lowest BCUT2D eigenvalue weighted by molar-refractivity contribution is -0.120. The van der Waals surface area contributed by atoms with Crippen LogP contribution in [0.3, 0.4) is 0 Å². The van der Waals surface area contributed by atoms with Gasteiger partial charge in [-0.25, -0.2) is 0 Å². The number of fused-ring (bicyclic) bond motifs is 1. The first-order chi connectivity index (χ1) is 13.7. The highest BCUT2D eigenvalue weighted by Crippen LogP contribution is 2.30. The van der Waals surface area contributed by atoms with Crippen LogP contribution in [-0.4, -0.2) is 53.0 Å². The van der Waals surface area contributed by atoms with Crippen molar-refractivity contribution in [1.82, 2.24) is 19.8 Å². The molecule has 0 spiro atoms. The highest BCUT2D eigenvalue weighted by molar-refractivity contribution is 5.94. The number of benzene rings is 1. The van der Waals surface area contributed by atoms with Crippen molar-refractivity contribution in [3.8, 4) is 11.5 Å². The number of ether oxygens (including phenoxy) is 2. The van der Waals surface area contributed by atoms with Crippen LogP contribution in [0.25, 0.3) is 5.65 Å². The summed E-state index contributed by atoms with van der Waals surface area (Å²) in [4.78, 5) is 15.0. The van der Waals surface area contributed by atoms with E-state index < -0.39 is 0 Å². The second-order valence-electron chi connectivity index (χ2n) is 6.67. The topological polar surface area (TPSA) is 93.9 Å². The van der Waals surface area contributed by atoms with Gasteiger partial charge in [0.1, 0.15) is 23.6 Å². The fourth-order valence-electron chi connectivity index (χ4n) is 3.43. The fraction of sp³-hybridized carbons (Fsp3) is 0.368. The van der Waals surface area contributed by atoms with Crippen LogP contribution in [0.1, 0.15) is 12.8 Å². The molecule has 0 aliphatic carbocycles. The van der Waals surface area contributed by atoms with Gasteiger partial charge in [-0.15, -0.1) is 15.3 Å². The Morgan fingerprint density at radius 1 is 1.21 bits per heavy atom. The van der Waals surface area contributed by atoms with E-state index in [1.165, 1.54) is 0 Å². The molecule has 2 aromatic heterocycles. The molecule has 1 atom stereocenters. The highest BCUT2D eigenvalue weighted by atomic mass is 16.5. The molecule has 1 aliphatic heterocycles. The zero-order valence-electron chi connectivity index (χ0n) is 15.8. The summed E-state index contributed by atoms with van der Waals surface area (Å²) >= 11 is 0. The summed E-state index contributed by atoms with van der Waals surface area (Å²) in [6, 6.07) is 9.12. The van der Waals surface area contributed by atoms with Crippen LogP contribution in [0.2, 0.25) is 0 Å². The molecule has 1 unspecified atom stereocenters. The number of methoxy groups -OCH3 is 2. The van der Waals surface area contributed by atoms with Gasteiger partial charge in [-0.2, -0.15) is 4.52 Å². The van der Waals surface area contributed by atoms with Gasteiger partial charge < -0.3 is 19.7 Å².